The lowest BCUT2D eigenvalue weighted by atomic mass is 10.1. The minimum atomic E-state index is -4.35. The Morgan fingerprint density at radius 1 is 1.04 bits per heavy atom. The average Bonchev–Trinajstić information content (AvgIpc) is 3.00. The van der Waals surface area contributed by atoms with Gasteiger partial charge in [0.2, 0.25) is 5.16 Å². The first-order valence-electron chi connectivity index (χ1n) is 7.50. The van der Waals surface area contributed by atoms with E-state index in [1.54, 1.807) is 10.7 Å². The van der Waals surface area contributed by atoms with Crippen LogP contribution in [0, 0.1) is 13.8 Å². The molecule has 0 atom stereocenters. The Morgan fingerprint density at radius 3 is 2.40 bits per heavy atom. The van der Waals surface area contributed by atoms with Gasteiger partial charge in [0.1, 0.15) is 0 Å². The van der Waals surface area contributed by atoms with Crippen LogP contribution in [0.4, 0.5) is 13.2 Å². The molecule has 1 heterocycles. The first kappa shape index (κ1) is 17.5. The van der Waals surface area contributed by atoms with E-state index in [1.807, 2.05) is 32.0 Å². The number of tetrazole rings is 1. The summed E-state index contributed by atoms with van der Waals surface area (Å²) in [4.78, 5) is 0. The standard InChI is InChI=1S/C17H15F3N4S/c1-11-5-3-6-12(2)15(11)24-16(21-22-23-24)25-10-13-7-4-8-14(9-13)17(18,19)20/h3-9H,10H2,1-2H3. The third-order valence-corrected chi connectivity index (χ3v) is 4.70. The molecular formula is C17H15F3N4S. The van der Waals surface area contributed by atoms with Crippen molar-refractivity contribution in [1.29, 1.82) is 0 Å². The molecule has 3 aromatic rings. The van der Waals surface area contributed by atoms with Crippen LogP contribution in [-0.4, -0.2) is 20.2 Å². The van der Waals surface area contributed by atoms with Crippen molar-refractivity contribution in [1.82, 2.24) is 20.2 Å². The molecule has 3 rings (SSSR count). The highest BCUT2D eigenvalue weighted by atomic mass is 32.2. The maximum absolute atomic E-state index is 12.8. The van der Waals surface area contributed by atoms with Gasteiger partial charge in [-0.2, -0.15) is 17.9 Å². The number of aromatic nitrogens is 4. The van der Waals surface area contributed by atoms with E-state index >= 15 is 0 Å². The Hall–Kier alpha value is -2.35. The number of aryl methyl sites for hydroxylation is 2. The van der Waals surface area contributed by atoms with Crippen molar-refractivity contribution in [2.45, 2.75) is 30.9 Å². The molecule has 0 bridgehead atoms. The Bertz CT molecular complexity index is 869. The zero-order valence-corrected chi connectivity index (χ0v) is 14.4. The van der Waals surface area contributed by atoms with Gasteiger partial charge in [0.25, 0.3) is 0 Å². The Balaban J connectivity index is 1.84. The summed E-state index contributed by atoms with van der Waals surface area (Å²) in [6.07, 6.45) is -4.35. The van der Waals surface area contributed by atoms with E-state index in [-0.39, 0.29) is 0 Å². The van der Waals surface area contributed by atoms with Crippen LogP contribution >= 0.6 is 11.8 Å². The van der Waals surface area contributed by atoms with E-state index in [2.05, 4.69) is 15.5 Å². The van der Waals surface area contributed by atoms with Crippen molar-refractivity contribution in [3.63, 3.8) is 0 Å². The maximum Gasteiger partial charge on any atom is 0.416 e. The normalized spacial score (nSPS) is 11.7. The summed E-state index contributed by atoms with van der Waals surface area (Å²) < 4.78 is 40.1. The van der Waals surface area contributed by atoms with Crippen molar-refractivity contribution in [2.24, 2.45) is 0 Å². The van der Waals surface area contributed by atoms with Crippen LogP contribution in [0.25, 0.3) is 5.69 Å². The third kappa shape index (κ3) is 3.84. The monoisotopic (exact) mass is 364 g/mol. The fraction of sp³-hybridized carbons (Fsp3) is 0.235. The number of benzene rings is 2. The second-order valence-corrected chi connectivity index (χ2v) is 6.54. The second kappa shape index (κ2) is 6.87. The Labute approximate surface area is 147 Å². The van der Waals surface area contributed by atoms with E-state index in [0.717, 1.165) is 28.9 Å². The Kier molecular flexibility index (Phi) is 4.80. The predicted molar refractivity (Wildman–Crippen MR) is 89.6 cm³/mol. The summed E-state index contributed by atoms with van der Waals surface area (Å²) >= 11 is 1.30. The largest absolute Gasteiger partial charge is 0.416 e. The van der Waals surface area contributed by atoms with E-state index in [9.17, 15) is 13.2 Å². The number of alkyl halides is 3. The number of para-hydroxylation sites is 1. The minimum absolute atomic E-state index is 0.342. The number of hydrogen-bond acceptors (Lipinski definition) is 4. The van der Waals surface area contributed by atoms with Gasteiger partial charge < -0.3 is 0 Å². The molecule has 0 saturated heterocycles. The highest BCUT2D eigenvalue weighted by molar-refractivity contribution is 7.98. The van der Waals surface area contributed by atoms with Crippen molar-refractivity contribution < 1.29 is 13.2 Å². The van der Waals surface area contributed by atoms with Crippen LogP contribution in [0.1, 0.15) is 22.3 Å². The van der Waals surface area contributed by atoms with Crippen molar-refractivity contribution in [3.8, 4) is 5.69 Å². The van der Waals surface area contributed by atoms with Gasteiger partial charge in [-0.25, -0.2) is 0 Å². The minimum Gasteiger partial charge on any atom is -0.187 e. The molecule has 130 valence electrons. The summed E-state index contributed by atoms with van der Waals surface area (Å²) in [5.74, 6) is 0.342. The van der Waals surface area contributed by atoms with Crippen molar-refractivity contribution in [3.05, 3.63) is 64.7 Å². The molecule has 0 radical (unpaired) electrons. The second-order valence-electron chi connectivity index (χ2n) is 5.60. The fourth-order valence-electron chi connectivity index (χ4n) is 2.53. The van der Waals surface area contributed by atoms with Crippen molar-refractivity contribution >= 4 is 11.8 Å². The summed E-state index contributed by atoms with van der Waals surface area (Å²) in [5, 5.41) is 12.3. The van der Waals surface area contributed by atoms with Gasteiger partial charge in [-0.1, -0.05) is 48.2 Å². The third-order valence-electron chi connectivity index (χ3n) is 3.71. The zero-order chi connectivity index (χ0) is 18.0. The number of halogens is 3. The summed E-state index contributed by atoms with van der Waals surface area (Å²) in [7, 11) is 0. The molecule has 0 amide bonds. The highest BCUT2D eigenvalue weighted by Crippen LogP contribution is 2.31. The van der Waals surface area contributed by atoms with Crippen LogP contribution in [-0.2, 0) is 11.9 Å². The first-order chi connectivity index (χ1) is 11.9. The predicted octanol–water partition coefficient (Wildman–Crippen LogP) is 4.59. The lowest BCUT2D eigenvalue weighted by Gasteiger charge is -2.11. The van der Waals surface area contributed by atoms with Gasteiger partial charge in [0, 0.05) is 5.75 Å². The van der Waals surface area contributed by atoms with Gasteiger partial charge in [0.15, 0.2) is 0 Å². The fourth-order valence-corrected chi connectivity index (χ4v) is 3.35. The molecule has 0 N–H and O–H groups in total. The molecule has 0 spiro atoms. The van der Waals surface area contributed by atoms with E-state index < -0.39 is 11.7 Å². The van der Waals surface area contributed by atoms with Gasteiger partial charge >= 0.3 is 6.18 Å². The topological polar surface area (TPSA) is 43.6 Å². The summed E-state index contributed by atoms with van der Waals surface area (Å²) in [6.45, 7) is 3.93. The molecule has 8 heteroatoms. The molecule has 2 aromatic carbocycles. The molecular weight excluding hydrogens is 349 g/mol. The number of nitrogens with zero attached hydrogens (tertiary/aromatic N) is 4. The van der Waals surface area contributed by atoms with Crippen molar-refractivity contribution in [2.75, 3.05) is 0 Å². The SMILES string of the molecule is Cc1cccc(C)c1-n1nnnc1SCc1cccc(C(F)(F)F)c1. The average molecular weight is 364 g/mol. The molecule has 0 aliphatic carbocycles. The van der Waals surface area contributed by atoms with Crippen LogP contribution in [0.3, 0.4) is 0 Å². The summed E-state index contributed by atoms with van der Waals surface area (Å²) in [6, 6.07) is 11.2. The molecule has 0 saturated carbocycles. The number of rotatable bonds is 4. The van der Waals surface area contributed by atoms with Crippen LogP contribution < -0.4 is 0 Å². The highest BCUT2D eigenvalue weighted by Gasteiger charge is 2.30. The van der Waals surface area contributed by atoms with Crippen LogP contribution in [0.5, 0.6) is 0 Å². The quantitative estimate of drug-likeness (QED) is 0.635. The molecule has 4 nitrogen and oxygen atoms in total. The maximum atomic E-state index is 12.8. The van der Waals surface area contributed by atoms with Gasteiger partial charge in [-0.15, -0.1) is 5.10 Å². The van der Waals surface area contributed by atoms with Gasteiger partial charge in [-0.05, 0) is 47.0 Å². The lowest BCUT2D eigenvalue weighted by Crippen LogP contribution is -2.05. The van der Waals surface area contributed by atoms with E-state index in [0.29, 0.717) is 16.5 Å². The molecule has 25 heavy (non-hydrogen) atoms. The lowest BCUT2D eigenvalue weighted by molar-refractivity contribution is -0.137. The summed E-state index contributed by atoms with van der Waals surface area (Å²) in [5.41, 5.74) is 2.84. The molecule has 1 aromatic heterocycles. The molecule has 0 aliphatic heterocycles. The van der Waals surface area contributed by atoms with Crippen LogP contribution in [0.2, 0.25) is 0 Å². The van der Waals surface area contributed by atoms with E-state index in [1.165, 1.54) is 17.8 Å². The molecule has 0 unspecified atom stereocenters. The number of thioether (sulfide) groups is 1. The molecule has 0 fully saturated rings. The first-order valence-corrected chi connectivity index (χ1v) is 8.49. The number of hydrogen-bond donors (Lipinski definition) is 0. The van der Waals surface area contributed by atoms with E-state index in [4.69, 9.17) is 0 Å². The zero-order valence-electron chi connectivity index (χ0n) is 13.6. The Morgan fingerprint density at radius 2 is 1.72 bits per heavy atom. The van der Waals surface area contributed by atoms with Gasteiger partial charge in [-0.3, -0.25) is 0 Å². The smallest absolute Gasteiger partial charge is 0.187 e. The molecule has 0 aliphatic rings. The van der Waals surface area contributed by atoms with Gasteiger partial charge in [0.05, 0.1) is 11.3 Å². The van der Waals surface area contributed by atoms with Crippen LogP contribution in [0.15, 0.2) is 47.6 Å².